The fraction of sp³-hybridized carbons (Fsp3) is 0.143. The summed E-state index contributed by atoms with van der Waals surface area (Å²) in [6.07, 6.45) is 1.43. The molecule has 0 aliphatic carbocycles. The SMILES string of the molecule is Cn1nc([N+](=O)[O-])c2c(=O)cc[nH]c21. The maximum atomic E-state index is 11.3. The van der Waals surface area contributed by atoms with E-state index in [1.54, 1.807) is 0 Å². The van der Waals surface area contributed by atoms with Crippen molar-refractivity contribution in [2.24, 2.45) is 7.05 Å². The number of hydrogen-bond donors (Lipinski definition) is 1. The van der Waals surface area contributed by atoms with Crippen LogP contribution in [-0.4, -0.2) is 19.7 Å². The highest BCUT2D eigenvalue weighted by atomic mass is 16.6. The molecule has 2 aromatic heterocycles. The van der Waals surface area contributed by atoms with Gasteiger partial charge in [-0.15, -0.1) is 0 Å². The summed E-state index contributed by atoms with van der Waals surface area (Å²) >= 11 is 0. The molecule has 2 aromatic rings. The molecule has 7 heteroatoms. The molecule has 14 heavy (non-hydrogen) atoms. The average molecular weight is 194 g/mol. The average Bonchev–Trinajstić information content (AvgIpc) is 2.46. The number of aromatic nitrogens is 3. The minimum atomic E-state index is -0.669. The third-order valence-electron chi connectivity index (χ3n) is 1.90. The maximum absolute atomic E-state index is 11.3. The Labute approximate surface area is 77.1 Å². The molecule has 0 aliphatic heterocycles. The second kappa shape index (κ2) is 2.66. The molecular weight excluding hydrogens is 188 g/mol. The standard InChI is InChI=1S/C7H6N4O3/c1-10-6-5(4(12)2-3-8-6)7(9-10)11(13)14/h2-3H,1H3,(H,8,12). The molecule has 0 aliphatic rings. The molecule has 0 aromatic carbocycles. The van der Waals surface area contributed by atoms with Crippen molar-refractivity contribution in [2.75, 3.05) is 0 Å². The molecule has 0 amide bonds. The Morgan fingerprint density at radius 3 is 3.00 bits per heavy atom. The normalized spacial score (nSPS) is 10.6. The van der Waals surface area contributed by atoms with Crippen molar-refractivity contribution < 1.29 is 4.92 Å². The van der Waals surface area contributed by atoms with Gasteiger partial charge in [0.1, 0.15) is 0 Å². The van der Waals surface area contributed by atoms with Gasteiger partial charge in [-0.25, -0.2) is 0 Å². The minimum Gasteiger partial charge on any atom is -0.358 e. The molecule has 0 saturated carbocycles. The number of H-pyrrole nitrogens is 1. The molecule has 2 heterocycles. The van der Waals surface area contributed by atoms with Gasteiger partial charge >= 0.3 is 5.82 Å². The number of fused-ring (bicyclic) bond motifs is 1. The Balaban J connectivity index is 3.00. The third kappa shape index (κ3) is 0.987. The molecule has 1 N–H and O–H groups in total. The molecule has 0 spiro atoms. The molecule has 7 nitrogen and oxygen atoms in total. The van der Waals surface area contributed by atoms with Crippen molar-refractivity contribution in [1.82, 2.24) is 14.8 Å². The number of nitrogens with zero attached hydrogens (tertiary/aromatic N) is 3. The molecule has 0 fully saturated rings. The molecule has 0 saturated heterocycles. The highest BCUT2D eigenvalue weighted by molar-refractivity contribution is 5.83. The van der Waals surface area contributed by atoms with Gasteiger partial charge in [0.05, 0.1) is 12.1 Å². The number of aromatic amines is 1. The Morgan fingerprint density at radius 2 is 2.36 bits per heavy atom. The van der Waals surface area contributed by atoms with Crippen LogP contribution in [0.1, 0.15) is 0 Å². The van der Waals surface area contributed by atoms with Crippen molar-refractivity contribution in [3.8, 4) is 0 Å². The van der Waals surface area contributed by atoms with Crippen LogP contribution >= 0.6 is 0 Å². The summed E-state index contributed by atoms with van der Waals surface area (Å²) < 4.78 is 1.27. The van der Waals surface area contributed by atoms with Crippen molar-refractivity contribution in [3.63, 3.8) is 0 Å². The molecule has 72 valence electrons. The van der Waals surface area contributed by atoms with E-state index >= 15 is 0 Å². The van der Waals surface area contributed by atoms with Crippen LogP contribution in [0.2, 0.25) is 0 Å². The van der Waals surface area contributed by atoms with Crippen LogP contribution in [0.3, 0.4) is 0 Å². The third-order valence-corrected chi connectivity index (χ3v) is 1.90. The lowest BCUT2D eigenvalue weighted by atomic mass is 10.3. The Bertz CT molecular complexity index is 568. The summed E-state index contributed by atoms with van der Waals surface area (Å²) in [7, 11) is 1.53. The second-order valence-corrected chi connectivity index (χ2v) is 2.77. The van der Waals surface area contributed by atoms with Crippen LogP contribution in [0.4, 0.5) is 5.82 Å². The number of aryl methyl sites for hydroxylation is 1. The van der Waals surface area contributed by atoms with E-state index in [9.17, 15) is 14.9 Å². The van der Waals surface area contributed by atoms with Gasteiger partial charge in [0.15, 0.2) is 16.5 Å². The molecule has 0 bridgehead atoms. The van der Waals surface area contributed by atoms with Crippen molar-refractivity contribution in [2.45, 2.75) is 0 Å². The summed E-state index contributed by atoms with van der Waals surface area (Å²) in [5.74, 6) is -0.413. The Hall–Kier alpha value is -2.18. The van der Waals surface area contributed by atoms with Gasteiger partial charge in [-0.1, -0.05) is 0 Å². The topological polar surface area (TPSA) is 93.8 Å². The predicted molar refractivity (Wildman–Crippen MR) is 48.0 cm³/mol. The highest BCUT2D eigenvalue weighted by Gasteiger charge is 2.22. The van der Waals surface area contributed by atoms with E-state index in [1.165, 1.54) is 24.0 Å². The quantitative estimate of drug-likeness (QED) is 0.517. The number of nitrogens with one attached hydrogen (secondary N) is 1. The summed E-state index contributed by atoms with van der Waals surface area (Å²) in [6.45, 7) is 0. The Morgan fingerprint density at radius 1 is 1.64 bits per heavy atom. The summed E-state index contributed by atoms with van der Waals surface area (Å²) in [5.41, 5.74) is -0.0530. The number of hydrogen-bond acceptors (Lipinski definition) is 4. The molecule has 0 atom stereocenters. The smallest absolute Gasteiger partial charge is 0.358 e. The molecule has 0 radical (unpaired) electrons. The van der Waals surface area contributed by atoms with Crippen LogP contribution in [0.5, 0.6) is 0 Å². The Kier molecular flexibility index (Phi) is 1.60. The van der Waals surface area contributed by atoms with Gasteiger partial charge in [-0.05, 0) is 4.92 Å². The first kappa shape index (κ1) is 8.42. The van der Waals surface area contributed by atoms with E-state index in [0.717, 1.165) is 0 Å². The van der Waals surface area contributed by atoms with Gasteiger partial charge in [-0.3, -0.25) is 4.79 Å². The zero-order valence-corrected chi connectivity index (χ0v) is 7.22. The van der Waals surface area contributed by atoms with Gasteiger partial charge in [0, 0.05) is 12.3 Å². The molecule has 2 rings (SSSR count). The lowest BCUT2D eigenvalue weighted by Gasteiger charge is -1.88. The van der Waals surface area contributed by atoms with E-state index in [2.05, 4.69) is 10.1 Å². The maximum Gasteiger partial charge on any atom is 0.403 e. The van der Waals surface area contributed by atoms with E-state index < -0.39 is 16.2 Å². The number of nitro groups is 1. The fourth-order valence-corrected chi connectivity index (χ4v) is 1.31. The van der Waals surface area contributed by atoms with Gasteiger partial charge < -0.3 is 15.1 Å². The van der Waals surface area contributed by atoms with Gasteiger partial charge in [0.25, 0.3) is 0 Å². The number of rotatable bonds is 1. The van der Waals surface area contributed by atoms with Crippen molar-refractivity contribution in [1.29, 1.82) is 0 Å². The van der Waals surface area contributed by atoms with Crippen molar-refractivity contribution >= 4 is 16.9 Å². The van der Waals surface area contributed by atoms with Crippen molar-refractivity contribution in [3.05, 3.63) is 32.6 Å². The lowest BCUT2D eigenvalue weighted by Crippen LogP contribution is -2.01. The highest BCUT2D eigenvalue weighted by Crippen LogP contribution is 2.17. The lowest BCUT2D eigenvalue weighted by molar-refractivity contribution is -0.388. The first-order valence-corrected chi connectivity index (χ1v) is 3.80. The number of pyridine rings is 1. The van der Waals surface area contributed by atoms with E-state index in [0.29, 0.717) is 5.65 Å². The largest absolute Gasteiger partial charge is 0.403 e. The first-order valence-electron chi connectivity index (χ1n) is 3.80. The van der Waals surface area contributed by atoms with Crippen LogP contribution in [0.15, 0.2) is 17.1 Å². The minimum absolute atomic E-state index is 0.0139. The van der Waals surface area contributed by atoms with Gasteiger partial charge in [-0.2, -0.15) is 4.68 Å². The first-order chi connectivity index (χ1) is 6.61. The summed E-state index contributed by atoms with van der Waals surface area (Å²) in [6, 6.07) is 1.23. The monoisotopic (exact) mass is 194 g/mol. The van der Waals surface area contributed by atoms with Crippen LogP contribution in [0, 0.1) is 10.1 Å². The fourth-order valence-electron chi connectivity index (χ4n) is 1.31. The second-order valence-electron chi connectivity index (χ2n) is 2.77. The van der Waals surface area contributed by atoms with Crippen LogP contribution in [0.25, 0.3) is 11.0 Å². The van der Waals surface area contributed by atoms with Crippen LogP contribution in [-0.2, 0) is 7.05 Å². The van der Waals surface area contributed by atoms with E-state index in [1.807, 2.05) is 0 Å². The summed E-state index contributed by atoms with van der Waals surface area (Å²) in [5, 5.41) is 14.2. The van der Waals surface area contributed by atoms with E-state index in [4.69, 9.17) is 0 Å². The summed E-state index contributed by atoms with van der Waals surface area (Å²) in [4.78, 5) is 24.0. The predicted octanol–water partition coefficient (Wildman–Crippen LogP) is 0.170. The van der Waals surface area contributed by atoms with Crippen LogP contribution < -0.4 is 5.43 Å². The van der Waals surface area contributed by atoms with E-state index in [-0.39, 0.29) is 5.39 Å². The zero-order chi connectivity index (χ0) is 10.3. The molecule has 0 unspecified atom stereocenters. The van der Waals surface area contributed by atoms with Gasteiger partial charge in [0.2, 0.25) is 0 Å². The molecular formula is C7H6N4O3. The zero-order valence-electron chi connectivity index (χ0n) is 7.22.